The molecular weight excluding hydrogens is 128 g/mol. The van der Waals surface area contributed by atoms with Gasteiger partial charge >= 0.3 is 0 Å². The van der Waals surface area contributed by atoms with Crippen LogP contribution in [0.25, 0.3) is 0 Å². The number of Topliss-reactive ketones (excluding diaryl/α,β-unsaturated/α-hetero) is 1. The second kappa shape index (κ2) is 8.05. The molecule has 2 N–H and O–H groups in total. The van der Waals surface area contributed by atoms with Gasteiger partial charge in [-0.1, -0.05) is 13.8 Å². The SMILES string of the molecule is CC(=O)CC(C)C.N=C=N. The maximum absolute atomic E-state index is 10.3. The highest BCUT2D eigenvalue weighted by Gasteiger charge is 1.95. The summed E-state index contributed by atoms with van der Waals surface area (Å²) in [6.45, 7) is 5.71. The Balaban J connectivity index is 0. The molecule has 0 aliphatic rings. The molecule has 0 aliphatic heterocycles. The summed E-state index contributed by atoms with van der Waals surface area (Å²) >= 11 is 0. The lowest BCUT2D eigenvalue weighted by molar-refractivity contribution is -0.117. The summed E-state index contributed by atoms with van der Waals surface area (Å²) in [5.74, 6) is 0.813. The summed E-state index contributed by atoms with van der Waals surface area (Å²) in [6, 6.07) is 1.25. The first-order valence-corrected chi connectivity index (χ1v) is 3.12. The van der Waals surface area contributed by atoms with Crippen LogP contribution in [-0.4, -0.2) is 11.8 Å². The minimum Gasteiger partial charge on any atom is -0.300 e. The van der Waals surface area contributed by atoms with Crippen molar-refractivity contribution in [2.24, 2.45) is 5.92 Å². The van der Waals surface area contributed by atoms with Gasteiger partial charge in [-0.3, -0.25) is 0 Å². The molecule has 0 amide bonds. The summed E-state index contributed by atoms with van der Waals surface area (Å²) in [5.41, 5.74) is 0. The van der Waals surface area contributed by atoms with Crippen molar-refractivity contribution in [3.8, 4) is 0 Å². The lowest BCUT2D eigenvalue weighted by Crippen LogP contribution is -1.95. The third-order valence-corrected chi connectivity index (χ3v) is 0.696. The largest absolute Gasteiger partial charge is 0.300 e. The predicted octanol–water partition coefficient (Wildman–Crippen LogP) is 1.94. The number of rotatable bonds is 2. The molecule has 0 spiro atoms. The molecule has 3 heteroatoms. The Morgan fingerprint density at radius 3 is 1.80 bits per heavy atom. The van der Waals surface area contributed by atoms with Crippen LogP contribution < -0.4 is 0 Å². The van der Waals surface area contributed by atoms with Crippen molar-refractivity contribution in [1.82, 2.24) is 0 Å². The van der Waals surface area contributed by atoms with Crippen molar-refractivity contribution >= 4 is 11.8 Å². The van der Waals surface area contributed by atoms with Crippen molar-refractivity contribution in [3.05, 3.63) is 0 Å². The summed E-state index contributed by atoms with van der Waals surface area (Å²) in [6.07, 6.45) is 0.722. The average molecular weight is 142 g/mol. The number of carbonyl (C=O) groups is 1. The van der Waals surface area contributed by atoms with Gasteiger partial charge in [0.25, 0.3) is 0 Å². The van der Waals surface area contributed by atoms with E-state index in [0.29, 0.717) is 5.92 Å². The normalized spacial score (nSPS) is 7.60. The predicted molar refractivity (Wildman–Crippen MR) is 40.6 cm³/mol. The third kappa shape index (κ3) is 27.7. The molecule has 0 saturated heterocycles. The fourth-order valence-corrected chi connectivity index (χ4v) is 0.575. The lowest BCUT2D eigenvalue weighted by Gasteiger charge is -1.95. The molecule has 0 aromatic rings. The molecule has 0 aromatic carbocycles. The Labute approximate surface area is 61.5 Å². The first-order chi connectivity index (χ1) is 4.54. The molecule has 0 fully saturated rings. The highest BCUT2D eigenvalue weighted by Crippen LogP contribution is 1.97. The molecule has 0 saturated carbocycles. The van der Waals surface area contributed by atoms with Crippen molar-refractivity contribution < 1.29 is 4.79 Å². The lowest BCUT2D eigenvalue weighted by atomic mass is 10.1. The molecular formula is C7H14N2O. The molecule has 0 radical (unpaired) electrons. The monoisotopic (exact) mass is 142 g/mol. The van der Waals surface area contributed by atoms with Crippen LogP contribution in [0.4, 0.5) is 0 Å². The number of hydrogen-bond donors (Lipinski definition) is 2. The van der Waals surface area contributed by atoms with Crippen LogP contribution in [0.1, 0.15) is 27.2 Å². The summed E-state index contributed by atoms with van der Waals surface area (Å²) < 4.78 is 0. The Morgan fingerprint density at radius 1 is 1.50 bits per heavy atom. The Kier molecular flexibility index (Phi) is 9.50. The minimum atomic E-state index is 0.287. The van der Waals surface area contributed by atoms with Gasteiger partial charge in [0.1, 0.15) is 5.78 Å². The van der Waals surface area contributed by atoms with E-state index in [4.69, 9.17) is 10.8 Å². The second-order valence-electron chi connectivity index (χ2n) is 2.42. The van der Waals surface area contributed by atoms with Crippen LogP contribution in [0, 0.1) is 16.7 Å². The van der Waals surface area contributed by atoms with Gasteiger partial charge in [0.05, 0.1) is 6.01 Å². The Morgan fingerprint density at radius 2 is 1.80 bits per heavy atom. The second-order valence-corrected chi connectivity index (χ2v) is 2.42. The Bertz CT molecular complexity index is 124. The molecule has 0 rings (SSSR count). The van der Waals surface area contributed by atoms with Crippen LogP contribution in [-0.2, 0) is 4.79 Å². The highest BCUT2D eigenvalue weighted by atomic mass is 16.1. The van der Waals surface area contributed by atoms with Crippen molar-refractivity contribution in [3.63, 3.8) is 0 Å². The summed E-state index contributed by atoms with van der Waals surface area (Å²) in [7, 11) is 0. The summed E-state index contributed by atoms with van der Waals surface area (Å²) in [4.78, 5) is 10.3. The van der Waals surface area contributed by atoms with Gasteiger partial charge in [-0.2, -0.15) is 0 Å². The minimum absolute atomic E-state index is 0.287. The standard InChI is InChI=1S/C6H12O.CH2N2/c1-5(2)4-6(3)7;2-1-3/h5H,4H2,1-3H3;2-3H. The van der Waals surface area contributed by atoms with Crippen molar-refractivity contribution in [2.75, 3.05) is 0 Å². The average Bonchev–Trinajstić information content (AvgIpc) is 1.62. The van der Waals surface area contributed by atoms with Gasteiger partial charge in [-0.05, 0) is 12.8 Å². The smallest absolute Gasteiger partial charge is 0.130 e. The van der Waals surface area contributed by atoms with E-state index in [9.17, 15) is 4.79 Å². The number of carbonyl (C=O) groups excluding carboxylic acids is 1. The maximum Gasteiger partial charge on any atom is 0.130 e. The molecule has 0 aliphatic carbocycles. The third-order valence-electron chi connectivity index (χ3n) is 0.696. The number of hydrogen-bond acceptors (Lipinski definition) is 3. The molecule has 58 valence electrons. The Hall–Kier alpha value is -0.950. The molecule has 10 heavy (non-hydrogen) atoms. The van der Waals surface area contributed by atoms with Crippen LogP contribution in [0.15, 0.2) is 0 Å². The summed E-state index contributed by atoms with van der Waals surface area (Å²) in [5, 5.41) is 11.2. The van der Waals surface area contributed by atoms with E-state index < -0.39 is 0 Å². The number of nitrogens with one attached hydrogen (secondary N) is 2. The van der Waals surface area contributed by atoms with Crippen molar-refractivity contribution in [1.29, 1.82) is 10.8 Å². The van der Waals surface area contributed by atoms with Crippen LogP contribution in [0.3, 0.4) is 0 Å². The van der Waals surface area contributed by atoms with E-state index in [2.05, 4.69) is 0 Å². The topological polar surface area (TPSA) is 64.8 Å². The van der Waals surface area contributed by atoms with E-state index in [-0.39, 0.29) is 5.78 Å². The quantitative estimate of drug-likeness (QED) is 0.568. The molecule has 0 bridgehead atoms. The first-order valence-electron chi connectivity index (χ1n) is 3.12. The van der Waals surface area contributed by atoms with Crippen LogP contribution in [0.2, 0.25) is 0 Å². The first kappa shape index (κ1) is 11.8. The van der Waals surface area contributed by atoms with Crippen LogP contribution >= 0.6 is 0 Å². The van der Waals surface area contributed by atoms with Gasteiger partial charge < -0.3 is 4.79 Å². The van der Waals surface area contributed by atoms with E-state index in [0.717, 1.165) is 6.42 Å². The zero-order valence-corrected chi connectivity index (χ0v) is 6.69. The zero-order chi connectivity index (χ0) is 8.57. The zero-order valence-electron chi connectivity index (χ0n) is 6.69. The van der Waals surface area contributed by atoms with E-state index in [1.165, 1.54) is 6.01 Å². The van der Waals surface area contributed by atoms with Gasteiger partial charge in [-0.15, -0.1) is 0 Å². The molecule has 0 heterocycles. The van der Waals surface area contributed by atoms with E-state index in [1.54, 1.807) is 6.92 Å². The fraction of sp³-hybridized carbons (Fsp3) is 0.714. The molecule has 3 nitrogen and oxygen atoms in total. The van der Waals surface area contributed by atoms with Gasteiger partial charge in [0, 0.05) is 6.42 Å². The fourth-order valence-electron chi connectivity index (χ4n) is 0.575. The highest BCUT2D eigenvalue weighted by molar-refractivity contribution is 5.75. The molecule has 0 atom stereocenters. The van der Waals surface area contributed by atoms with Gasteiger partial charge in [-0.25, -0.2) is 10.8 Å². The van der Waals surface area contributed by atoms with E-state index >= 15 is 0 Å². The van der Waals surface area contributed by atoms with E-state index in [1.807, 2.05) is 13.8 Å². The number of ketones is 1. The van der Waals surface area contributed by atoms with Gasteiger partial charge in [0.15, 0.2) is 0 Å². The van der Waals surface area contributed by atoms with Crippen molar-refractivity contribution in [2.45, 2.75) is 27.2 Å². The molecule has 0 unspecified atom stereocenters. The maximum atomic E-state index is 10.3. The van der Waals surface area contributed by atoms with Crippen LogP contribution in [0.5, 0.6) is 0 Å². The van der Waals surface area contributed by atoms with Gasteiger partial charge in [0.2, 0.25) is 0 Å². The molecule has 0 aromatic heterocycles.